The molecule has 1 aromatic heterocycles. The Bertz CT molecular complexity index is 459. The molecule has 1 aliphatic heterocycles. The van der Waals surface area contributed by atoms with E-state index in [0.29, 0.717) is 6.04 Å². The summed E-state index contributed by atoms with van der Waals surface area (Å²) in [5.74, 6) is 0.919. The number of hydrogen-bond donors (Lipinski definition) is 1. The summed E-state index contributed by atoms with van der Waals surface area (Å²) in [5, 5.41) is 3.04. The average Bonchev–Trinajstić information content (AvgIpc) is 2.84. The molecule has 19 heavy (non-hydrogen) atoms. The SMILES string of the molecule is CCCc1cc(C(=O)N2CCCC2C)cc(NC)n1. The second-order valence-corrected chi connectivity index (χ2v) is 5.22. The molecule has 0 aliphatic carbocycles. The van der Waals surface area contributed by atoms with Crippen LogP contribution < -0.4 is 5.32 Å². The summed E-state index contributed by atoms with van der Waals surface area (Å²) < 4.78 is 0. The van der Waals surface area contributed by atoms with Crippen molar-refractivity contribution in [3.8, 4) is 0 Å². The molecule has 0 aromatic carbocycles. The number of aryl methyl sites for hydroxylation is 1. The predicted molar refractivity (Wildman–Crippen MR) is 77.5 cm³/mol. The first kappa shape index (κ1) is 13.8. The van der Waals surface area contributed by atoms with Crippen LogP contribution in [0, 0.1) is 0 Å². The summed E-state index contributed by atoms with van der Waals surface area (Å²) in [4.78, 5) is 19.0. The lowest BCUT2D eigenvalue weighted by atomic mass is 10.1. The molecular weight excluding hydrogens is 238 g/mol. The summed E-state index contributed by atoms with van der Waals surface area (Å²) in [7, 11) is 1.84. The lowest BCUT2D eigenvalue weighted by Gasteiger charge is -2.22. The number of carbonyl (C=O) groups is 1. The molecule has 1 unspecified atom stereocenters. The van der Waals surface area contributed by atoms with Gasteiger partial charge in [-0.2, -0.15) is 0 Å². The fraction of sp³-hybridized carbons (Fsp3) is 0.600. The number of nitrogens with zero attached hydrogens (tertiary/aromatic N) is 2. The number of amides is 1. The van der Waals surface area contributed by atoms with E-state index in [2.05, 4.69) is 24.1 Å². The van der Waals surface area contributed by atoms with E-state index >= 15 is 0 Å². The van der Waals surface area contributed by atoms with Gasteiger partial charge >= 0.3 is 0 Å². The monoisotopic (exact) mass is 261 g/mol. The Morgan fingerprint density at radius 1 is 1.53 bits per heavy atom. The second-order valence-electron chi connectivity index (χ2n) is 5.22. The Labute approximate surface area is 115 Å². The molecule has 1 saturated heterocycles. The van der Waals surface area contributed by atoms with Crippen LogP contribution in [0.2, 0.25) is 0 Å². The van der Waals surface area contributed by atoms with E-state index in [4.69, 9.17) is 0 Å². The zero-order valence-corrected chi connectivity index (χ0v) is 12.1. The molecule has 4 nitrogen and oxygen atoms in total. The van der Waals surface area contributed by atoms with Crippen molar-refractivity contribution in [2.45, 2.75) is 45.6 Å². The predicted octanol–water partition coefficient (Wildman–Crippen LogP) is 2.70. The molecule has 1 amide bonds. The normalized spacial score (nSPS) is 18.7. The molecule has 0 spiro atoms. The van der Waals surface area contributed by atoms with Gasteiger partial charge < -0.3 is 10.2 Å². The lowest BCUT2D eigenvalue weighted by molar-refractivity contribution is 0.0747. The summed E-state index contributed by atoms with van der Waals surface area (Å²) in [6.07, 6.45) is 4.16. The van der Waals surface area contributed by atoms with Crippen molar-refractivity contribution in [3.63, 3.8) is 0 Å². The molecule has 0 radical (unpaired) electrons. The minimum Gasteiger partial charge on any atom is -0.373 e. The topological polar surface area (TPSA) is 45.2 Å². The van der Waals surface area contributed by atoms with Gasteiger partial charge in [-0.15, -0.1) is 0 Å². The molecule has 1 atom stereocenters. The number of anilines is 1. The van der Waals surface area contributed by atoms with Gasteiger partial charge in [0.15, 0.2) is 0 Å². The molecule has 1 aromatic rings. The minimum absolute atomic E-state index is 0.140. The van der Waals surface area contributed by atoms with Crippen LogP contribution in [0.3, 0.4) is 0 Å². The second kappa shape index (κ2) is 6.04. The van der Waals surface area contributed by atoms with Crippen molar-refractivity contribution in [1.29, 1.82) is 0 Å². The van der Waals surface area contributed by atoms with Crippen molar-refractivity contribution in [1.82, 2.24) is 9.88 Å². The molecule has 2 heterocycles. The first-order valence-electron chi connectivity index (χ1n) is 7.15. The Kier molecular flexibility index (Phi) is 4.40. The van der Waals surface area contributed by atoms with Crippen molar-refractivity contribution < 1.29 is 4.79 Å². The highest BCUT2D eigenvalue weighted by Gasteiger charge is 2.26. The van der Waals surface area contributed by atoms with Crippen LogP contribution in [-0.2, 0) is 6.42 Å². The maximum Gasteiger partial charge on any atom is 0.254 e. The van der Waals surface area contributed by atoms with Crippen LogP contribution in [0.1, 0.15) is 49.2 Å². The number of rotatable bonds is 4. The standard InChI is InChI=1S/C15H23N3O/c1-4-6-13-9-12(10-14(16-3)17-13)15(19)18-8-5-7-11(18)2/h9-11H,4-8H2,1-3H3,(H,16,17). The van der Waals surface area contributed by atoms with Gasteiger partial charge in [-0.1, -0.05) is 13.3 Å². The Morgan fingerprint density at radius 3 is 2.89 bits per heavy atom. The van der Waals surface area contributed by atoms with E-state index < -0.39 is 0 Å². The number of likely N-dealkylation sites (tertiary alicyclic amines) is 1. The van der Waals surface area contributed by atoms with E-state index in [1.54, 1.807) is 0 Å². The Morgan fingerprint density at radius 2 is 2.32 bits per heavy atom. The van der Waals surface area contributed by atoms with Gasteiger partial charge in [0.2, 0.25) is 0 Å². The molecule has 2 rings (SSSR count). The van der Waals surface area contributed by atoms with Crippen molar-refractivity contribution >= 4 is 11.7 Å². The fourth-order valence-electron chi connectivity index (χ4n) is 2.62. The van der Waals surface area contributed by atoms with Crippen LogP contribution in [0.5, 0.6) is 0 Å². The van der Waals surface area contributed by atoms with Crippen molar-refractivity contribution in [3.05, 3.63) is 23.4 Å². The highest BCUT2D eigenvalue weighted by Crippen LogP contribution is 2.21. The van der Waals surface area contributed by atoms with E-state index in [9.17, 15) is 4.79 Å². The van der Waals surface area contributed by atoms with Crippen molar-refractivity contribution in [2.75, 3.05) is 18.9 Å². The first-order chi connectivity index (χ1) is 9.15. The molecule has 1 N–H and O–H groups in total. The maximum atomic E-state index is 12.6. The van der Waals surface area contributed by atoms with Crippen LogP contribution in [-0.4, -0.2) is 35.4 Å². The van der Waals surface area contributed by atoms with Gasteiger partial charge in [-0.05, 0) is 38.3 Å². The summed E-state index contributed by atoms with van der Waals surface area (Å²) in [6, 6.07) is 4.15. The molecule has 0 bridgehead atoms. The van der Waals surface area contributed by atoms with E-state index in [1.807, 2.05) is 24.1 Å². The van der Waals surface area contributed by atoms with Gasteiger partial charge in [-0.25, -0.2) is 4.98 Å². The van der Waals surface area contributed by atoms with Crippen LogP contribution in [0.25, 0.3) is 0 Å². The third-order valence-electron chi connectivity index (χ3n) is 3.70. The molecule has 0 saturated carbocycles. The van der Waals surface area contributed by atoms with Gasteiger partial charge in [0.25, 0.3) is 5.91 Å². The van der Waals surface area contributed by atoms with E-state index in [1.165, 1.54) is 0 Å². The van der Waals surface area contributed by atoms with Gasteiger partial charge in [0.05, 0.1) is 0 Å². The maximum absolute atomic E-state index is 12.6. The van der Waals surface area contributed by atoms with Crippen LogP contribution in [0.4, 0.5) is 5.82 Å². The quantitative estimate of drug-likeness (QED) is 0.906. The van der Waals surface area contributed by atoms with Crippen molar-refractivity contribution in [2.24, 2.45) is 0 Å². The molecular formula is C15H23N3O. The highest BCUT2D eigenvalue weighted by molar-refractivity contribution is 5.95. The fourth-order valence-corrected chi connectivity index (χ4v) is 2.62. The summed E-state index contributed by atoms with van der Waals surface area (Å²) >= 11 is 0. The molecule has 4 heteroatoms. The summed E-state index contributed by atoms with van der Waals surface area (Å²) in [6.45, 7) is 5.12. The zero-order valence-electron chi connectivity index (χ0n) is 12.1. The summed E-state index contributed by atoms with van der Waals surface area (Å²) in [5.41, 5.74) is 1.75. The van der Waals surface area contributed by atoms with Crippen LogP contribution >= 0.6 is 0 Å². The smallest absolute Gasteiger partial charge is 0.254 e. The molecule has 1 fully saturated rings. The van der Waals surface area contributed by atoms with E-state index in [0.717, 1.165) is 49.3 Å². The minimum atomic E-state index is 0.140. The van der Waals surface area contributed by atoms with E-state index in [-0.39, 0.29) is 5.91 Å². The van der Waals surface area contributed by atoms with Gasteiger partial charge in [-0.3, -0.25) is 4.79 Å². The third-order valence-corrected chi connectivity index (χ3v) is 3.70. The Hall–Kier alpha value is -1.58. The zero-order chi connectivity index (χ0) is 13.8. The largest absolute Gasteiger partial charge is 0.373 e. The van der Waals surface area contributed by atoms with Crippen LogP contribution in [0.15, 0.2) is 12.1 Å². The number of carbonyl (C=O) groups excluding carboxylic acids is 1. The number of aromatic nitrogens is 1. The Balaban J connectivity index is 2.27. The molecule has 1 aliphatic rings. The number of hydrogen-bond acceptors (Lipinski definition) is 3. The third kappa shape index (κ3) is 3.06. The lowest BCUT2D eigenvalue weighted by Crippen LogP contribution is -2.33. The average molecular weight is 261 g/mol. The molecule has 104 valence electrons. The van der Waals surface area contributed by atoms with Gasteiger partial charge in [0.1, 0.15) is 5.82 Å². The first-order valence-corrected chi connectivity index (χ1v) is 7.15. The number of pyridine rings is 1. The number of nitrogens with one attached hydrogen (secondary N) is 1. The van der Waals surface area contributed by atoms with Gasteiger partial charge in [0, 0.05) is 30.9 Å². The highest BCUT2D eigenvalue weighted by atomic mass is 16.2.